The molecule has 4 saturated carbocycles. The Balaban J connectivity index is 1.81. The zero-order valence-electron chi connectivity index (χ0n) is 15.3. The van der Waals surface area contributed by atoms with Crippen LogP contribution in [-0.4, -0.2) is 56.9 Å². The third-order valence-corrected chi connectivity index (χ3v) is 8.88. The summed E-state index contributed by atoms with van der Waals surface area (Å²) in [6.07, 6.45) is -0.747. The smallest absolute Gasteiger partial charge is 0.208 e. The molecule has 144 valence electrons. The van der Waals surface area contributed by atoms with E-state index in [9.17, 15) is 25.2 Å². The average Bonchev–Trinajstić information content (AvgIpc) is 2.69. The van der Waals surface area contributed by atoms with Gasteiger partial charge >= 0.3 is 0 Å². The summed E-state index contributed by atoms with van der Waals surface area (Å²) in [5.74, 6) is -3.80. The van der Waals surface area contributed by atoms with Crippen molar-refractivity contribution in [2.75, 3.05) is 6.61 Å². The second-order valence-electron chi connectivity index (χ2n) is 9.97. The Hall–Kier alpha value is -0.790. The number of ether oxygens (including phenoxy) is 1. The van der Waals surface area contributed by atoms with Crippen LogP contribution >= 0.6 is 0 Å². The molecule has 9 atom stereocenters. The van der Waals surface area contributed by atoms with Gasteiger partial charge in [0.05, 0.1) is 18.8 Å². The van der Waals surface area contributed by atoms with Gasteiger partial charge in [-0.3, -0.25) is 4.79 Å². The standard InChI is InChI=1S/C20H28O6/c1-9-10-4-5-11-18-8-26-20(25,19(11,14(9)22)15(10)23)16(24)13(18)17(2,3)7-6-12(18)21/h10-13,15-16,21,23-25H,1,4-8H2,2-3H3/t10-,11-,12-,13+,15+,16-,18+,19+,20-/m0/s1. The maximum atomic E-state index is 13.3. The van der Waals surface area contributed by atoms with E-state index in [1.54, 1.807) is 0 Å². The van der Waals surface area contributed by atoms with Crippen molar-refractivity contribution in [1.82, 2.24) is 0 Å². The highest BCUT2D eigenvalue weighted by Crippen LogP contribution is 2.76. The molecule has 0 aromatic heterocycles. The number of aliphatic hydroxyl groups is 4. The molecule has 6 rings (SSSR count). The molecule has 4 bridgehead atoms. The van der Waals surface area contributed by atoms with E-state index in [2.05, 4.69) is 6.58 Å². The van der Waals surface area contributed by atoms with Crippen molar-refractivity contribution in [3.63, 3.8) is 0 Å². The second kappa shape index (κ2) is 4.61. The number of aliphatic hydroxyl groups excluding tert-OH is 3. The number of carbonyl (C=O) groups excluding carboxylic acids is 1. The summed E-state index contributed by atoms with van der Waals surface area (Å²) < 4.78 is 5.80. The Labute approximate surface area is 152 Å². The van der Waals surface area contributed by atoms with Gasteiger partial charge in [0, 0.05) is 17.3 Å². The van der Waals surface area contributed by atoms with Gasteiger partial charge in [0.25, 0.3) is 0 Å². The molecule has 0 radical (unpaired) electrons. The summed E-state index contributed by atoms with van der Waals surface area (Å²) in [4.78, 5) is 13.3. The monoisotopic (exact) mass is 364 g/mol. The summed E-state index contributed by atoms with van der Waals surface area (Å²) in [6.45, 7) is 8.07. The number of Topliss-reactive ketones (excluding diaryl/α,β-unsaturated/α-hetero) is 1. The van der Waals surface area contributed by atoms with Gasteiger partial charge in [0.2, 0.25) is 5.79 Å². The molecule has 4 aliphatic carbocycles. The molecular formula is C20H28O6. The normalized spacial score (nSPS) is 59.9. The van der Waals surface area contributed by atoms with E-state index in [1.165, 1.54) is 0 Å². The molecule has 0 aromatic carbocycles. The number of carbonyl (C=O) groups is 1. The lowest BCUT2D eigenvalue weighted by molar-refractivity contribution is -0.458. The molecule has 2 spiro atoms. The van der Waals surface area contributed by atoms with Crippen LogP contribution in [0.25, 0.3) is 0 Å². The zero-order valence-corrected chi connectivity index (χ0v) is 15.3. The van der Waals surface area contributed by atoms with Crippen molar-refractivity contribution in [1.29, 1.82) is 0 Å². The summed E-state index contributed by atoms with van der Waals surface area (Å²) in [6, 6.07) is 0. The van der Waals surface area contributed by atoms with Crippen LogP contribution in [0.3, 0.4) is 0 Å². The van der Waals surface area contributed by atoms with Crippen LogP contribution in [0.4, 0.5) is 0 Å². The lowest BCUT2D eigenvalue weighted by atomic mass is 9.35. The quantitative estimate of drug-likeness (QED) is 0.463. The predicted molar refractivity (Wildman–Crippen MR) is 90.7 cm³/mol. The fourth-order valence-corrected chi connectivity index (χ4v) is 7.90. The van der Waals surface area contributed by atoms with Crippen molar-refractivity contribution in [2.45, 2.75) is 63.6 Å². The van der Waals surface area contributed by atoms with Crippen molar-refractivity contribution in [2.24, 2.45) is 34.0 Å². The van der Waals surface area contributed by atoms with Gasteiger partial charge in [-0.2, -0.15) is 0 Å². The van der Waals surface area contributed by atoms with Gasteiger partial charge < -0.3 is 25.2 Å². The zero-order chi connectivity index (χ0) is 18.9. The molecule has 0 unspecified atom stereocenters. The van der Waals surface area contributed by atoms with E-state index in [-0.39, 0.29) is 12.0 Å². The first-order chi connectivity index (χ1) is 12.1. The maximum absolute atomic E-state index is 13.3. The Morgan fingerprint density at radius 3 is 2.50 bits per heavy atom. The molecule has 6 nitrogen and oxygen atoms in total. The van der Waals surface area contributed by atoms with Gasteiger partial charge in [-0.15, -0.1) is 0 Å². The van der Waals surface area contributed by atoms with Crippen molar-refractivity contribution in [3.8, 4) is 0 Å². The Kier molecular flexibility index (Phi) is 3.07. The minimum atomic E-state index is -2.15. The molecule has 2 heterocycles. The number of hydrogen-bond donors (Lipinski definition) is 4. The fraction of sp³-hybridized carbons (Fsp3) is 0.850. The van der Waals surface area contributed by atoms with Crippen LogP contribution in [0.1, 0.15) is 39.5 Å². The van der Waals surface area contributed by atoms with Gasteiger partial charge in [-0.25, -0.2) is 0 Å². The van der Waals surface area contributed by atoms with Crippen LogP contribution < -0.4 is 0 Å². The molecular weight excluding hydrogens is 336 g/mol. The molecule has 2 saturated heterocycles. The summed E-state index contributed by atoms with van der Waals surface area (Å²) >= 11 is 0. The van der Waals surface area contributed by atoms with Gasteiger partial charge in [-0.05, 0) is 42.6 Å². The first-order valence-corrected chi connectivity index (χ1v) is 9.71. The highest BCUT2D eigenvalue weighted by molar-refractivity contribution is 6.05. The van der Waals surface area contributed by atoms with Gasteiger partial charge in [0.15, 0.2) is 5.78 Å². The van der Waals surface area contributed by atoms with Crippen LogP contribution in [-0.2, 0) is 9.53 Å². The Morgan fingerprint density at radius 1 is 1.12 bits per heavy atom. The topological polar surface area (TPSA) is 107 Å². The van der Waals surface area contributed by atoms with E-state index in [0.29, 0.717) is 24.8 Å². The third kappa shape index (κ3) is 1.41. The van der Waals surface area contributed by atoms with E-state index in [0.717, 1.165) is 6.42 Å². The maximum Gasteiger partial charge on any atom is 0.208 e. The first-order valence-electron chi connectivity index (χ1n) is 9.71. The number of rotatable bonds is 0. The Morgan fingerprint density at radius 2 is 1.81 bits per heavy atom. The molecule has 6 fully saturated rings. The minimum absolute atomic E-state index is 0.0966. The highest BCUT2D eigenvalue weighted by atomic mass is 16.6. The van der Waals surface area contributed by atoms with Crippen molar-refractivity contribution in [3.05, 3.63) is 12.2 Å². The van der Waals surface area contributed by atoms with Gasteiger partial charge in [-0.1, -0.05) is 20.4 Å². The van der Waals surface area contributed by atoms with E-state index in [1.807, 2.05) is 13.8 Å². The lowest BCUT2D eigenvalue weighted by Gasteiger charge is -2.74. The predicted octanol–water partition coefficient (Wildman–Crippen LogP) is 0.376. The van der Waals surface area contributed by atoms with E-state index >= 15 is 0 Å². The van der Waals surface area contributed by atoms with Crippen LogP contribution in [0.15, 0.2) is 12.2 Å². The van der Waals surface area contributed by atoms with Crippen molar-refractivity contribution < 1.29 is 30.0 Å². The summed E-state index contributed by atoms with van der Waals surface area (Å²) in [7, 11) is 0. The molecule has 6 aliphatic rings. The molecule has 0 amide bonds. The number of hydrogen-bond acceptors (Lipinski definition) is 6. The first kappa shape index (κ1) is 17.3. The van der Waals surface area contributed by atoms with Crippen LogP contribution in [0, 0.1) is 34.0 Å². The van der Waals surface area contributed by atoms with Crippen LogP contribution in [0.2, 0.25) is 0 Å². The highest BCUT2D eigenvalue weighted by Gasteiger charge is 2.86. The van der Waals surface area contributed by atoms with Crippen molar-refractivity contribution >= 4 is 5.78 Å². The fourth-order valence-electron chi connectivity index (χ4n) is 7.90. The molecule has 2 aliphatic heterocycles. The molecule has 0 aromatic rings. The molecule has 4 N–H and O–H groups in total. The second-order valence-corrected chi connectivity index (χ2v) is 9.97. The molecule has 26 heavy (non-hydrogen) atoms. The van der Waals surface area contributed by atoms with Gasteiger partial charge in [0.1, 0.15) is 11.5 Å². The van der Waals surface area contributed by atoms with E-state index < -0.39 is 58.5 Å². The summed E-state index contributed by atoms with van der Waals surface area (Å²) in [5.41, 5.74) is -2.49. The molecule has 6 heteroatoms. The van der Waals surface area contributed by atoms with Crippen LogP contribution in [0.5, 0.6) is 0 Å². The lowest BCUT2D eigenvalue weighted by Crippen LogP contribution is -2.85. The summed E-state index contributed by atoms with van der Waals surface area (Å²) in [5, 5.41) is 45.1. The Bertz CT molecular complexity index is 717. The average molecular weight is 364 g/mol. The SMILES string of the molecule is C=C1C(=O)[C@@]23[C@H](O)[C@H]1CC[C@H]2[C@@]12CO[C@@]3(O)[C@@H](O)[C@@H]1C(C)(C)CC[C@@H]2O. The number of ketones is 1. The number of fused-ring (bicyclic) bond motifs is 2. The van der Waals surface area contributed by atoms with E-state index in [4.69, 9.17) is 4.74 Å². The third-order valence-electron chi connectivity index (χ3n) is 8.88. The largest absolute Gasteiger partial charge is 0.392 e. The minimum Gasteiger partial charge on any atom is -0.392 e.